The van der Waals surface area contributed by atoms with Crippen LogP contribution in [0.5, 0.6) is 0 Å². The smallest absolute Gasteiger partial charge is 0.412 e. The van der Waals surface area contributed by atoms with E-state index in [2.05, 4.69) is 10.3 Å². The Kier molecular flexibility index (Phi) is 4.98. The maximum Gasteiger partial charge on any atom is 0.412 e. The Labute approximate surface area is 161 Å². The minimum absolute atomic E-state index is 0.110. The lowest BCUT2D eigenvalue weighted by atomic mass is 10.0. The number of hydrogen-bond donors (Lipinski definition) is 1. The summed E-state index contributed by atoms with van der Waals surface area (Å²) in [5.41, 5.74) is 3.06. The molecule has 0 bridgehead atoms. The van der Waals surface area contributed by atoms with Crippen LogP contribution in [0.4, 0.5) is 9.80 Å². The number of carbonyl (C=O) groups is 2. The molecule has 3 aromatic rings. The van der Waals surface area contributed by atoms with Gasteiger partial charge in [-0.1, -0.05) is 30.3 Å². The van der Waals surface area contributed by atoms with Crippen LogP contribution in [-0.2, 0) is 24.2 Å². The first-order valence-electron chi connectivity index (χ1n) is 8.79. The van der Waals surface area contributed by atoms with E-state index in [1.165, 1.54) is 16.2 Å². The second kappa shape index (κ2) is 7.72. The lowest BCUT2D eigenvalue weighted by Gasteiger charge is -2.09. The third-order valence-electron chi connectivity index (χ3n) is 4.50. The average molecular weight is 378 g/mol. The molecule has 0 atom stereocenters. The lowest BCUT2D eigenvalue weighted by Crippen LogP contribution is -2.15. The molecular formula is C21H18N2O3S. The predicted molar refractivity (Wildman–Crippen MR) is 104 cm³/mol. The number of pyridine rings is 1. The first-order valence-corrected chi connectivity index (χ1v) is 9.61. The Morgan fingerprint density at radius 2 is 1.96 bits per heavy atom. The van der Waals surface area contributed by atoms with Gasteiger partial charge in [0, 0.05) is 22.8 Å². The molecule has 136 valence electrons. The molecule has 0 radical (unpaired) electrons. The van der Waals surface area contributed by atoms with Crippen molar-refractivity contribution in [1.29, 1.82) is 0 Å². The molecule has 1 aliphatic rings. The van der Waals surface area contributed by atoms with Crippen molar-refractivity contribution in [1.82, 2.24) is 4.98 Å². The Hall–Kier alpha value is -2.99. The zero-order valence-corrected chi connectivity index (χ0v) is 15.4. The molecule has 4 rings (SSSR count). The van der Waals surface area contributed by atoms with Crippen molar-refractivity contribution in [3.05, 3.63) is 82.0 Å². The van der Waals surface area contributed by atoms with Crippen LogP contribution >= 0.6 is 11.3 Å². The second-order valence-electron chi connectivity index (χ2n) is 6.32. The molecule has 27 heavy (non-hydrogen) atoms. The fourth-order valence-electron chi connectivity index (χ4n) is 3.23. The highest BCUT2D eigenvalue weighted by atomic mass is 32.1. The lowest BCUT2D eigenvalue weighted by molar-refractivity contribution is 0.103. The number of anilines is 1. The van der Waals surface area contributed by atoms with Gasteiger partial charge in [0.2, 0.25) is 0 Å². The van der Waals surface area contributed by atoms with E-state index in [9.17, 15) is 9.59 Å². The van der Waals surface area contributed by atoms with Gasteiger partial charge in [-0.15, -0.1) is 11.3 Å². The number of ether oxygens (including phenoxy) is 1. The van der Waals surface area contributed by atoms with Crippen molar-refractivity contribution in [3.8, 4) is 0 Å². The zero-order chi connectivity index (χ0) is 18.6. The van der Waals surface area contributed by atoms with E-state index >= 15 is 0 Å². The first kappa shape index (κ1) is 17.4. The van der Waals surface area contributed by atoms with Gasteiger partial charge in [-0.05, 0) is 42.5 Å². The van der Waals surface area contributed by atoms with Crippen molar-refractivity contribution in [3.63, 3.8) is 0 Å². The Morgan fingerprint density at radius 3 is 2.74 bits per heavy atom. The summed E-state index contributed by atoms with van der Waals surface area (Å²) in [7, 11) is 0. The van der Waals surface area contributed by atoms with Crippen LogP contribution in [0.15, 0.2) is 54.9 Å². The molecule has 0 aliphatic heterocycles. The number of aryl methyl sites for hydroxylation is 1. The highest BCUT2D eigenvalue weighted by molar-refractivity contribution is 7.17. The summed E-state index contributed by atoms with van der Waals surface area (Å²) >= 11 is 1.47. The van der Waals surface area contributed by atoms with Gasteiger partial charge >= 0.3 is 6.09 Å². The standard InChI is InChI=1S/C21H18N2O3S/c24-19(15-8-5-11-22-12-15)18-16-9-4-10-17(16)27-20(18)23-21(25)26-13-14-6-2-1-3-7-14/h1-3,5-8,11-12H,4,9-10,13H2,(H,23,25). The topological polar surface area (TPSA) is 68.3 Å². The van der Waals surface area contributed by atoms with E-state index in [-0.39, 0.29) is 12.4 Å². The van der Waals surface area contributed by atoms with Gasteiger partial charge in [-0.25, -0.2) is 4.79 Å². The summed E-state index contributed by atoms with van der Waals surface area (Å²) in [5.74, 6) is -0.110. The molecule has 1 N–H and O–H groups in total. The minimum atomic E-state index is -0.556. The molecule has 0 unspecified atom stereocenters. The van der Waals surface area contributed by atoms with Crippen LogP contribution in [0.1, 0.15) is 38.3 Å². The first-order chi connectivity index (χ1) is 13.2. The molecule has 2 heterocycles. The van der Waals surface area contributed by atoms with Crippen molar-refractivity contribution in [2.45, 2.75) is 25.9 Å². The largest absolute Gasteiger partial charge is 0.444 e. The maximum absolute atomic E-state index is 13.0. The van der Waals surface area contributed by atoms with E-state index in [1.807, 2.05) is 30.3 Å². The molecule has 1 aromatic carbocycles. The van der Waals surface area contributed by atoms with Crippen molar-refractivity contribution in [2.75, 3.05) is 5.32 Å². The number of amides is 1. The number of thiophene rings is 1. The van der Waals surface area contributed by atoms with Crippen LogP contribution in [-0.4, -0.2) is 16.9 Å². The van der Waals surface area contributed by atoms with Crippen molar-refractivity contribution >= 4 is 28.2 Å². The third-order valence-corrected chi connectivity index (χ3v) is 5.71. The Morgan fingerprint density at radius 1 is 1.11 bits per heavy atom. The molecule has 1 amide bonds. The van der Waals surface area contributed by atoms with E-state index in [0.29, 0.717) is 16.1 Å². The van der Waals surface area contributed by atoms with E-state index in [0.717, 1.165) is 30.4 Å². The number of aromatic nitrogens is 1. The number of hydrogen-bond acceptors (Lipinski definition) is 5. The molecule has 0 spiro atoms. The number of nitrogens with zero attached hydrogens (tertiary/aromatic N) is 1. The molecular weight excluding hydrogens is 360 g/mol. The van der Waals surface area contributed by atoms with Gasteiger partial charge in [0.05, 0.1) is 5.56 Å². The van der Waals surface area contributed by atoms with E-state index < -0.39 is 6.09 Å². The van der Waals surface area contributed by atoms with Crippen LogP contribution in [0.25, 0.3) is 0 Å². The highest BCUT2D eigenvalue weighted by Gasteiger charge is 2.28. The molecule has 6 heteroatoms. The molecule has 0 saturated carbocycles. The summed E-state index contributed by atoms with van der Waals surface area (Å²) < 4.78 is 5.31. The molecule has 0 saturated heterocycles. The molecule has 0 fully saturated rings. The number of benzene rings is 1. The molecule has 2 aromatic heterocycles. The number of nitrogens with one attached hydrogen (secondary N) is 1. The summed E-state index contributed by atoms with van der Waals surface area (Å²) in [4.78, 5) is 30.5. The Bertz CT molecular complexity index is 968. The predicted octanol–water partition coefficient (Wildman–Crippen LogP) is 4.61. The summed E-state index contributed by atoms with van der Waals surface area (Å²) in [5, 5.41) is 3.34. The molecule has 5 nitrogen and oxygen atoms in total. The summed E-state index contributed by atoms with van der Waals surface area (Å²) in [6.45, 7) is 0.184. The van der Waals surface area contributed by atoms with Crippen molar-refractivity contribution in [2.24, 2.45) is 0 Å². The van der Waals surface area contributed by atoms with Gasteiger partial charge in [0.15, 0.2) is 5.78 Å². The molecule has 1 aliphatic carbocycles. The van der Waals surface area contributed by atoms with Crippen LogP contribution in [0.3, 0.4) is 0 Å². The van der Waals surface area contributed by atoms with Crippen molar-refractivity contribution < 1.29 is 14.3 Å². The van der Waals surface area contributed by atoms with Gasteiger partial charge < -0.3 is 4.74 Å². The third kappa shape index (κ3) is 3.75. The van der Waals surface area contributed by atoms with Crippen LogP contribution in [0, 0.1) is 0 Å². The number of ketones is 1. The summed E-state index contributed by atoms with van der Waals surface area (Å²) in [6, 6.07) is 13.0. The number of rotatable bonds is 5. The quantitative estimate of drug-likeness (QED) is 0.658. The van der Waals surface area contributed by atoms with Gasteiger partial charge in [-0.2, -0.15) is 0 Å². The number of carbonyl (C=O) groups excluding carboxylic acids is 2. The maximum atomic E-state index is 13.0. The minimum Gasteiger partial charge on any atom is -0.444 e. The second-order valence-corrected chi connectivity index (χ2v) is 7.42. The Balaban J connectivity index is 1.54. The van der Waals surface area contributed by atoms with Gasteiger partial charge in [0.1, 0.15) is 11.6 Å². The normalized spacial score (nSPS) is 12.4. The van der Waals surface area contributed by atoms with Gasteiger partial charge in [-0.3, -0.25) is 15.1 Å². The average Bonchev–Trinajstić information content (AvgIpc) is 3.28. The fourth-order valence-corrected chi connectivity index (χ4v) is 4.50. The van der Waals surface area contributed by atoms with Crippen LogP contribution in [0.2, 0.25) is 0 Å². The van der Waals surface area contributed by atoms with E-state index in [1.54, 1.807) is 24.5 Å². The monoisotopic (exact) mass is 378 g/mol. The van der Waals surface area contributed by atoms with Crippen LogP contribution < -0.4 is 5.32 Å². The zero-order valence-electron chi connectivity index (χ0n) is 14.6. The SMILES string of the molecule is O=C(Nc1sc2c(c1C(=O)c1cccnc1)CCC2)OCc1ccccc1. The highest BCUT2D eigenvalue weighted by Crippen LogP contribution is 2.40. The van der Waals surface area contributed by atoms with Gasteiger partial charge in [0.25, 0.3) is 0 Å². The summed E-state index contributed by atoms with van der Waals surface area (Å²) in [6.07, 6.45) is 5.46. The number of fused-ring (bicyclic) bond motifs is 1. The van der Waals surface area contributed by atoms with E-state index in [4.69, 9.17) is 4.74 Å². The fraction of sp³-hybridized carbons (Fsp3) is 0.190.